The van der Waals surface area contributed by atoms with Crippen molar-refractivity contribution in [3.63, 3.8) is 0 Å². The van der Waals surface area contributed by atoms with Crippen molar-refractivity contribution < 1.29 is 23.9 Å². The second-order valence-corrected chi connectivity index (χ2v) is 7.39. The zero-order valence-electron chi connectivity index (χ0n) is 16.9. The molecule has 0 fully saturated rings. The zero-order chi connectivity index (χ0) is 22.3. The molecule has 2 aromatic carbocycles. The van der Waals surface area contributed by atoms with Gasteiger partial charge in [0, 0.05) is 22.5 Å². The van der Waals surface area contributed by atoms with E-state index in [1.54, 1.807) is 63.2 Å². The number of anilines is 2. The summed E-state index contributed by atoms with van der Waals surface area (Å²) in [5, 5.41) is 7.65. The molecule has 0 aliphatic carbocycles. The van der Waals surface area contributed by atoms with Crippen LogP contribution in [0.15, 0.2) is 48.5 Å². The molecule has 0 bridgehead atoms. The van der Waals surface area contributed by atoms with E-state index < -0.39 is 29.4 Å². The first kappa shape index (κ1) is 22.4. The van der Waals surface area contributed by atoms with Crippen LogP contribution in [0, 0.1) is 0 Å². The molecule has 9 nitrogen and oxygen atoms in total. The summed E-state index contributed by atoms with van der Waals surface area (Å²) in [6, 6.07) is 12.5. The maximum Gasteiger partial charge on any atom is 0.412 e. The van der Waals surface area contributed by atoms with E-state index in [1.807, 2.05) is 0 Å². The number of hydrogen-bond donors (Lipinski definition) is 4. The predicted octanol–water partition coefficient (Wildman–Crippen LogP) is 2.50. The van der Waals surface area contributed by atoms with Crippen LogP contribution in [0.2, 0.25) is 0 Å². The Balaban J connectivity index is 1.99. The first-order valence-corrected chi connectivity index (χ1v) is 9.11. The van der Waals surface area contributed by atoms with Crippen molar-refractivity contribution in [1.29, 1.82) is 0 Å². The van der Waals surface area contributed by atoms with Gasteiger partial charge in [0.15, 0.2) is 0 Å². The number of ether oxygens (including phenoxy) is 1. The first-order chi connectivity index (χ1) is 14.0. The summed E-state index contributed by atoms with van der Waals surface area (Å²) in [6.07, 6.45) is -0.592. The van der Waals surface area contributed by atoms with Gasteiger partial charge in [-0.1, -0.05) is 6.07 Å². The number of carbonyl (C=O) groups is 4. The molecule has 0 unspecified atom stereocenters. The highest BCUT2D eigenvalue weighted by Crippen LogP contribution is 2.15. The van der Waals surface area contributed by atoms with Crippen molar-refractivity contribution in [3.8, 4) is 0 Å². The molecular formula is C21H24N4O5. The molecule has 0 spiro atoms. The Morgan fingerprint density at radius 2 is 1.53 bits per heavy atom. The van der Waals surface area contributed by atoms with Gasteiger partial charge in [-0.3, -0.25) is 19.7 Å². The lowest BCUT2D eigenvalue weighted by atomic mass is 10.1. The first-order valence-electron chi connectivity index (χ1n) is 9.11. The molecule has 30 heavy (non-hydrogen) atoms. The highest BCUT2D eigenvalue weighted by molar-refractivity contribution is 6.05. The Kier molecular flexibility index (Phi) is 7.13. The molecule has 0 heterocycles. The lowest BCUT2D eigenvalue weighted by Crippen LogP contribution is -2.33. The van der Waals surface area contributed by atoms with Crippen LogP contribution in [-0.4, -0.2) is 36.0 Å². The normalized spacial score (nSPS) is 10.6. The number of nitrogens with two attached hydrogens (primary N) is 1. The molecule has 0 aliphatic heterocycles. The molecule has 5 N–H and O–H groups in total. The highest BCUT2D eigenvalue weighted by Gasteiger charge is 2.16. The average Bonchev–Trinajstić information content (AvgIpc) is 2.65. The third kappa shape index (κ3) is 7.27. The zero-order valence-corrected chi connectivity index (χ0v) is 16.9. The number of rotatable bonds is 6. The van der Waals surface area contributed by atoms with Crippen molar-refractivity contribution in [2.24, 2.45) is 5.73 Å². The van der Waals surface area contributed by atoms with Gasteiger partial charge in [-0.05, 0) is 63.2 Å². The monoisotopic (exact) mass is 412 g/mol. The lowest BCUT2D eigenvalue weighted by molar-refractivity contribution is -0.117. The van der Waals surface area contributed by atoms with Crippen molar-refractivity contribution in [2.45, 2.75) is 26.4 Å². The van der Waals surface area contributed by atoms with Gasteiger partial charge in [-0.2, -0.15) is 0 Å². The number of primary amides is 1. The molecular weight excluding hydrogens is 388 g/mol. The van der Waals surface area contributed by atoms with E-state index in [-0.39, 0.29) is 12.1 Å². The predicted molar refractivity (Wildman–Crippen MR) is 112 cm³/mol. The summed E-state index contributed by atoms with van der Waals surface area (Å²) >= 11 is 0. The number of benzene rings is 2. The summed E-state index contributed by atoms with van der Waals surface area (Å²) in [5.74, 6) is -1.53. The summed E-state index contributed by atoms with van der Waals surface area (Å²) in [6.45, 7) is 5.00. The van der Waals surface area contributed by atoms with Crippen molar-refractivity contribution in [2.75, 3.05) is 17.2 Å². The van der Waals surface area contributed by atoms with E-state index in [0.717, 1.165) is 0 Å². The van der Waals surface area contributed by atoms with Gasteiger partial charge in [0.25, 0.3) is 11.8 Å². The largest absolute Gasteiger partial charge is 0.444 e. The van der Waals surface area contributed by atoms with Gasteiger partial charge >= 0.3 is 6.09 Å². The minimum Gasteiger partial charge on any atom is -0.444 e. The van der Waals surface area contributed by atoms with E-state index in [4.69, 9.17) is 10.5 Å². The number of carbonyl (C=O) groups excluding carboxylic acids is 4. The van der Waals surface area contributed by atoms with E-state index >= 15 is 0 Å². The minimum atomic E-state index is -0.655. The van der Waals surface area contributed by atoms with Gasteiger partial charge in [0.2, 0.25) is 5.91 Å². The molecule has 0 aliphatic rings. The summed E-state index contributed by atoms with van der Waals surface area (Å²) in [7, 11) is 0. The van der Waals surface area contributed by atoms with Crippen LogP contribution in [0.4, 0.5) is 16.2 Å². The Hall–Kier alpha value is -3.88. The molecule has 0 atom stereocenters. The Bertz CT molecular complexity index is 949. The molecule has 2 aromatic rings. The smallest absolute Gasteiger partial charge is 0.412 e. The summed E-state index contributed by atoms with van der Waals surface area (Å²) < 4.78 is 5.17. The van der Waals surface area contributed by atoms with Crippen molar-refractivity contribution in [1.82, 2.24) is 5.32 Å². The van der Waals surface area contributed by atoms with Gasteiger partial charge in [0.1, 0.15) is 5.60 Å². The number of amides is 4. The number of hydrogen-bond acceptors (Lipinski definition) is 5. The van der Waals surface area contributed by atoms with Crippen LogP contribution in [0.1, 0.15) is 41.5 Å². The molecule has 0 aromatic heterocycles. The van der Waals surface area contributed by atoms with Gasteiger partial charge in [-0.15, -0.1) is 0 Å². The van der Waals surface area contributed by atoms with Crippen LogP contribution in [0.3, 0.4) is 0 Å². The van der Waals surface area contributed by atoms with Crippen LogP contribution >= 0.6 is 0 Å². The van der Waals surface area contributed by atoms with Crippen LogP contribution < -0.4 is 21.7 Å². The molecule has 0 radical (unpaired) electrons. The van der Waals surface area contributed by atoms with Gasteiger partial charge in [0.05, 0.1) is 6.54 Å². The third-order valence-electron chi connectivity index (χ3n) is 3.60. The van der Waals surface area contributed by atoms with E-state index in [9.17, 15) is 19.2 Å². The van der Waals surface area contributed by atoms with Crippen LogP contribution in [-0.2, 0) is 9.53 Å². The molecule has 2 rings (SSSR count). The molecule has 9 heteroatoms. The topological polar surface area (TPSA) is 140 Å². The standard InChI is InChI=1S/C21H24N4O5/c1-21(2,3)30-20(29)25-15-9-7-13(8-10-15)19(28)24-16-6-4-5-14(11-16)18(27)23-12-17(22)26/h4-11H,12H2,1-3H3,(H2,22,26)(H,23,27)(H,24,28)(H,25,29). The molecule has 4 amide bonds. The second kappa shape index (κ2) is 9.55. The lowest BCUT2D eigenvalue weighted by Gasteiger charge is -2.19. The molecule has 0 saturated carbocycles. The third-order valence-corrected chi connectivity index (χ3v) is 3.60. The van der Waals surface area contributed by atoms with Crippen molar-refractivity contribution in [3.05, 3.63) is 59.7 Å². The van der Waals surface area contributed by atoms with Gasteiger partial charge in [-0.25, -0.2) is 4.79 Å². The Morgan fingerprint density at radius 3 is 2.13 bits per heavy atom. The fourth-order valence-corrected chi connectivity index (χ4v) is 2.34. The van der Waals surface area contributed by atoms with E-state index in [2.05, 4.69) is 16.0 Å². The second-order valence-electron chi connectivity index (χ2n) is 7.39. The fourth-order valence-electron chi connectivity index (χ4n) is 2.34. The van der Waals surface area contributed by atoms with Crippen molar-refractivity contribution >= 4 is 35.2 Å². The summed E-state index contributed by atoms with van der Waals surface area (Å²) in [5.41, 5.74) is 5.90. The average molecular weight is 412 g/mol. The Morgan fingerprint density at radius 1 is 0.867 bits per heavy atom. The minimum absolute atomic E-state index is 0.269. The molecule has 0 saturated heterocycles. The Labute approximate surface area is 174 Å². The number of nitrogens with one attached hydrogen (secondary N) is 3. The van der Waals surface area contributed by atoms with Crippen LogP contribution in [0.25, 0.3) is 0 Å². The SMILES string of the molecule is CC(C)(C)OC(=O)Nc1ccc(C(=O)Nc2cccc(C(=O)NCC(N)=O)c2)cc1. The molecule has 158 valence electrons. The van der Waals surface area contributed by atoms with E-state index in [1.165, 1.54) is 6.07 Å². The van der Waals surface area contributed by atoms with E-state index in [0.29, 0.717) is 16.9 Å². The summed E-state index contributed by atoms with van der Waals surface area (Å²) in [4.78, 5) is 47.0. The quantitative estimate of drug-likeness (QED) is 0.577. The van der Waals surface area contributed by atoms with Gasteiger partial charge < -0.3 is 21.1 Å². The highest BCUT2D eigenvalue weighted by atomic mass is 16.6. The fraction of sp³-hybridized carbons (Fsp3) is 0.238. The maximum absolute atomic E-state index is 12.4. The van der Waals surface area contributed by atoms with Crippen LogP contribution in [0.5, 0.6) is 0 Å². The maximum atomic E-state index is 12.4.